The van der Waals surface area contributed by atoms with Crippen molar-refractivity contribution >= 4 is 11.9 Å². The van der Waals surface area contributed by atoms with Crippen molar-refractivity contribution in [3.63, 3.8) is 0 Å². The van der Waals surface area contributed by atoms with Gasteiger partial charge in [-0.05, 0) is 18.2 Å². The van der Waals surface area contributed by atoms with Crippen molar-refractivity contribution in [2.24, 2.45) is 0 Å². The van der Waals surface area contributed by atoms with Crippen LogP contribution in [0.1, 0.15) is 16.8 Å². The number of carbonyl (C=O) groups is 2. The van der Waals surface area contributed by atoms with Crippen LogP contribution in [0.25, 0.3) is 0 Å². The highest BCUT2D eigenvalue weighted by Crippen LogP contribution is 2.27. The van der Waals surface area contributed by atoms with Gasteiger partial charge in [-0.1, -0.05) is 12.1 Å². The highest BCUT2D eigenvalue weighted by molar-refractivity contribution is 5.96. The van der Waals surface area contributed by atoms with Gasteiger partial charge in [0.25, 0.3) is 5.91 Å². The number of methoxy groups -OCH3 is 1. The van der Waals surface area contributed by atoms with Crippen molar-refractivity contribution in [3.05, 3.63) is 54.2 Å². The number of benzene rings is 1. The first kappa shape index (κ1) is 16.0. The zero-order valence-electron chi connectivity index (χ0n) is 13.0. The maximum Gasteiger partial charge on any atom is 0.328 e. The van der Waals surface area contributed by atoms with Gasteiger partial charge in [-0.25, -0.2) is 9.18 Å². The summed E-state index contributed by atoms with van der Waals surface area (Å²) in [5.41, 5.74) is 0.329. The monoisotopic (exact) mass is 333 g/mol. The number of nitrogens with zero attached hydrogens (tertiary/aromatic N) is 1. The van der Waals surface area contributed by atoms with E-state index in [2.05, 4.69) is 0 Å². The molecule has 0 aliphatic carbocycles. The summed E-state index contributed by atoms with van der Waals surface area (Å²) in [7, 11) is 1.26. The van der Waals surface area contributed by atoms with Crippen LogP contribution in [-0.4, -0.2) is 42.6 Å². The van der Waals surface area contributed by atoms with E-state index in [0.29, 0.717) is 5.56 Å². The van der Waals surface area contributed by atoms with Gasteiger partial charge < -0.3 is 18.8 Å². The van der Waals surface area contributed by atoms with E-state index in [4.69, 9.17) is 13.9 Å². The lowest BCUT2D eigenvalue weighted by atomic mass is 10.2. The molecule has 2 aromatic rings. The molecule has 2 heterocycles. The molecule has 6 nitrogen and oxygen atoms in total. The van der Waals surface area contributed by atoms with Gasteiger partial charge in [-0.3, -0.25) is 4.79 Å². The molecule has 0 spiro atoms. The van der Waals surface area contributed by atoms with Crippen LogP contribution in [-0.2, 0) is 9.53 Å². The molecule has 0 unspecified atom stereocenters. The summed E-state index contributed by atoms with van der Waals surface area (Å²) in [5, 5.41) is 0. The number of esters is 1. The van der Waals surface area contributed by atoms with Crippen molar-refractivity contribution in [2.75, 3.05) is 13.7 Å². The standard InChI is InChI=1S/C17H16FNO5/c1-22-17(21)14-8-12(24-15-5-3-2-4-13(15)18)9-19(14)16(20)11-6-7-23-10-11/h2-7,10,12,14H,8-9H2,1H3/t12-,14+/m0/s1. The largest absolute Gasteiger partial charge is 0.485 e. The minimum absolute atomic E-state index is 0.0868. The summed E-state index contributed by atoms with van der Waals surface area (Å²) in [4.78, 5) is 25.9. The van der Waals surface area contributed by atoms with Crippen LogP contribution in [0.15, 0.2) is 47.3 Å². The summed E-state index contributed by atoms with van der Waals surface area (Å²) in [6.45, 7) is 0.151. The Morgan fingerprint density at radius 3 is 2.75 bits per heavy atom. The van der Waals surface area contributed by atoms with Crippen LogP contribution in [0.5, 0.6) is 5.75 Å². The number of ether oxygens (including phenoxy) is 2. The molecule has 1 aliphatic heterocycles. The third kappa shape index (κ3) is 3.10. The highest BCUT2D eigenvalue weighted by Gasteiger charge is 2.42. The molecule has 0 radical (unpaired) electrons. The molecule has 126 valence electrons. The lowest BCUT2D eigenvalue weighted by molar-refractivity contribution is -0.145. The fourth-order valence-electron chi connectivity index (χ4n) is 2.74. The second-order valence-electron chi connectivity index (χ2n) is 5.41. The molecule has 1 amide bonds. The first-order valence-corrected chi connectivity index (χ1v) is 7.42. The number of hydrogen-bond donors (Lipinski definition) is 0. The third-order valence-corrected chi connectivity index (χ3v) is 3.90. The van der Waals surface area contributed by atoms with E-state index in [9.17, 15) is 14.0 Å². The van der Waals surface area contributed by atoms with E-state index < -0.39 is 23.9 Å². The van der Waals surface area contributed by atoms with E-state index in [1.165, 1.54) is 42.7 Å². The van der Waals surface area contributed by atoms with Crippen molar-refractivity contribution in [2.45, 2.75) is 18.6 Å². The topological polar surface area (TPSA) is 69.0 Å². The summed E-state index contributed by atoms with van der Waals surface area (Å²) < 4.78 is 29.0. The summed E-state index contributed by atoms with van der Waals surface area (Å²) in [5.74, 6) is -1.30. The Morgan fingerprint density at radius 2 is 2.08 bits per heavy atom. The molecule has 1 aliphatic rings. The summed E-state index contributed by atoms with van der Waals surface area (Å²) in [6, 6.07) is 6.73. The van der Waals surface area contributed by atoms with Crippen LogP contribution in [0, 0.1) is 5.82 Å². The minimum atomic E-state index is -0.783. The average Bonchev–Trinajstić information content (AvgIpc) is 3.25. The number of para-hydroxylation sites is 1. The summed E-state index contributed by atoms with van der Waals surface area (Å²) in [6.07, 6.45) is 2.40. The Hall–Kier alpha value is -2.83. The van der Waals surface area contributed by atoms with Crippen LogP contribution < -0.4 is 4.74 Å². The lowest BCUT2D eigenvalue weighted by Gasteiger charge is -2.21. The number of hydrogen-bond acceptors (Lipinski definition) is 5. The van der Waals surface area contributed by atoms with Gasteiger partial charge in [0, 0.05) is 6.42 Å². The van der Waals surface area contributed by atoms with Gasteiger partial charge in [-0.2, -0.15) is 0 Å². The molecule has 1 aromatic heterocycles. The van der Waals surface area contributed by atoms with Gasteiger partial charge in [0.1, 0.15) is 18.4 Å². The second-order valence-corrected chi connectivity index (χ2v) is 5.41. The Kier molecular flexibility index (Phi) is 4.50. The normalized spacial score (nSPS) is 20.0. The van der Waals surface area contributed by atoms with Crippen molar-refractivity contribution in [1.29, 1.82) is 0 Å². The molecule has 7 heteroatoms. The van der Waals surface area contributed by atoms with E-state index in [-0.39, 0.29) is 24.6 Å². The number of amides is 1. The number of likely N-dealkylation sites (tertiary alicyclic amines) is 1. The van der Waals surface area contributed by atoms with Crippen LogP contribution in [0.2, 0.25) is 0 Å². The molecule has 1 fully saturated rings. The fourth-order valence-corrected chi connectivity index (χ4v) is 2.74. The van der Waals surface area contributed by atoms with E-state index in [1.54, 1.807) is 12.1 Å². The second kappa shape index (κ2) is 6.74. The molecule has 2 atom stereocenters. The molecule has 0 N–H and O–H groups in total. The van der Waals surface area contributed by atoms with Crippen LogP contribution in [0.4, 0.5) is 4.39 Å². The maximum atomic E-state index is 13.7. The number of carbonyl (C=O) groups excluding carboxylic acids is 2. The van der Waals surface area contributed by atoms with Crippen molar-refractivity contribution < 1.29 is 27.9 Å². The van der Waals surface area contributed by atoms with E-state index in [0.717, 1.165) is 0 Å². The number of halogens is 1. The minimum Gasteiger partial charge on any atom is -0.485 e. The average molecular weight is 333 g/mol. The van der Waals surface area contributed by atoms with E-state index in [1.807, 2.05) is 0 Å². The molecule has 3 rings (SSSR count). The van der Waals surface area contributed by atoms with Crippen molar-refractivity contribution in [1.82, 2.24) is 4.90 Å². The van der Waals surface area contributed by atoms with Gasteiger partial charge in [0.15, 0.2) is 11.6 Å². The third-order valence-electron chi connectivity index (χ3n) is 3.90. The first-order chi connectivity index (χ1) is 11.6. The molecule has 1 saturated heterocycles. The lowest BCUT2D eigenvalue weighted by Crippen LogP contribution is -2.41. The molecule has 24 heavy (non-hydrogen) atoms. The van der Waals surface area contributed by atoms with Gasteiger partial charge >= 0.3 is 5.97 Å². The Bertz CT molecular complexity index is 730. The predicted octanol–water partition coefficient (Wildman–Crippen LogP) is 2.25. The molecule has 0 bridgehead atoms. The first-order valence-electron chi connectivity index (χ1n) is 7.42. The number of rotatable bonds is 4. The smallest absolute Gasteiger partial charge is 0.328 e. The molecule has 0 saturated carbocycles. The van der Waals surface area contributed by atoms with Gasteiger partial charge in [0.05, 0.1) is 25.5 Å². The zero-order chi connectivity index (χ0) is 17.1. The fraction of sp³-hybridized carbons (Fsp3) is 0.294. The quantitative estimate of drug-likeness (QED) is 0.803. The Labute approximate surface area is 137 Å². The van der Waals surface area contributed by atoms with Crippen molar-refractivity contribution in [3.8, 4) is 5.75 Å². The summed E-state index contributed by atoms with van der Waals surface area (Å²) >= 11 is 0. The highest BCUT2D eigenvalue weighted by atomic mass is 19.1. The number of furan rings is 1. The molecule has 1 aromatic carbocycles. The Balaban J connectivity index is 1.79. The Morgan fingerprint density at radius 1 is 1.29 bits per heavy atom. The SMILES string of the molecule is COC(=O)[C@H]1C[C@H](Oc2ccccc2F)CN1C(=O)c1ccoc1. The van der Waals surface area contributed by atoms with E-state index >= 15 is 0 Å². The predicted molar refractivity (Wildman–Crippen MR) is 81.0 cm³/mol. The van der Waals surface area contributed by atoms with Gasteiger partial charge in [0.2, 0.25) is 0 Å². The van der Waals surface area contributed by atoms with Gasteiger partial charge in [-0.15, -0.1) is 0 Å². The van der Waals surface area contributed by atoms with Crippen LogP contribution >= 0.6 is 0 Å². The molecular weight excluding hydrogens is 317 g/mol. The maximum absolute atomic E-state index is 13.7. The van der Waals surface area contributed by atoms with Crippen LogP contribution in [0.3, 0.4) is 0 Å². The zero-order valence-corrected chi connectivity index (χ0v) is 13.0. The molecular formula is C17H16FNO5.